The molecule has 0 spiro atoms. The van der Waals surface area contributed by atoms with E-state index < -0.39 is 0 Å². The third-order valence-electron chi connectivity index (χ3n) is 3.79. The van der Waals surface area contributed by atoms with Crippen LogP contribution < -0.4 is 16.0 Å². The van der Waals surface area contributed by atoms with Crippen molar-refractivity contribution >= 4 is 23.2 Å². The van der Waals surface area contributed by atoms with E-state index in [1.807, 2.05) is 0 Å². The van der Waals surface area contributed by atoms with Crippen molar-refractivity contribution in [2.45, 2.75) is 32.7 Å². The average Bonchev–Trinajstić information content (AvgIpc) is 3.10. The Balaban J connectivity index is 1.66. The maximum atomic E-state index is 13.1. The van der Waals surface area contributed by atoms with Gasteiger partial charge in [-0.05, 0) is 23.6 Å². The molecule has 0 saturated carbocycles. The van der Waals surface area contributed by atoms with Crippen molar-refractivity contribution in [3.63, 3.8) is 0 Å². The highest BCUT2D eigenvalue weighted by Crippen LogP contribution is 2.17. The Morgan fingerprint density at radius 2 is 2.04 bits per heavy atom. The van der Waals surface area contributed by atoms with Gasteiger partial charge in [0.05, 0.1) is 18.7 Å². The van der Waals surface area contributed by atoms with Crippen molar-refractivity contribution in [2.24, 2.45) is 4.99 Å². The fraction of sp³-hybridized carbons (Fsp3) is 0.421. The molecule has 0 aliphatic heterocycles. The highest BCUT2D eigenvalue weighted by molar-refractivity contribution is 7.09. The van der Waals surface area contributed by atoms with Gasteiger partial charge in [-0.3, -0.25) is 9.79 Å². The van der Waals surface area contributed by atoms with E-state index in [2.05, 4.69) is 45.2 Å². The lowest BCUT2D eigenvalue weighted by atomic mass is 10.1. The van der Waals surface area contributed by atoms with Gasteiger partial charge in [-0.1, -0.05) is 26.0 Å². The van der Waals surface area contributed by atoms with Gasteiger partial charge in [0.1, 0.15) is 10.8 Å². The quantitative estimate of drug-likeness (QED) is 0.367. The maximum absolute atomic E-state index is 13.1. The maximum Gasteiger partial charge on any atom is 0.224 e. The molecule has 1 aromatic heterocycles. The first kappa shape index (κ1) is 20.8. The molecule has 146 valence electrons. The Morgan fingerprint density at radius 3 is 2.70 bits per heavy atom. The summed E-state index contributed by atoms with van der Waals surface area (Å²) in [4.78, 5) is 20.6. The first-order valence-corrected chi connectivity index (χ1v) is 9.76. The van der Waals surface area contributed by atoms with Gasteiger partial charge >= 0.3 is 0 Å². The Labute approximate surface area is 163 Å². The minimum atomic E-state index is -0.336. The molecule has 2 rings (SSSR count). The zero-order chi connectivity index (χ0) is 19.6. The second kappa shape index (κ2) is 10.6. The number of carbonyl (C=O) groups excluding carboxylic acids is 1. The largest absolute Gasteiger partial charge is 0.355 e. The van der Waals surface area contributed by atoms with Crippen molar-refractivity contribution < 1.29 is 9.18 Å². The van der Waals surface area contributed by atoms with E-state index in [-0.39, 0.29) is 18.1 Å². The number of hydrogen-bond acceptors (Lipinski definition) is 4. The zero-order valence-electron chi connectivity index (χ0n) is 15.9. The number of guanidine groups is 1. The van der Waals surface area contributed by atoms with Gasteiger partial charge in [-0.15, -0.1) is 11.3 Å². The molecule has 0 radical (unpaired) electrons. The van der Waals surface area contributed by atoms with Crippen LogP contribution in [0, 0.1) is 5.82 Å². The summed E-state index contributed by atoms with van der Waals surface area (Å²) in [6, 6.07) is 6.06. The molecule has 27 heavy (non-hydrogen) atoms. The number of amides is 1. The van der Waals surface area contributed by atoms with Crippen LogP contribution in [0.1, 0.15) is 36.0 Å². The number of rotatable bonds is 8. The molecule has 1 amide bonds. The summed E-state index contributed by atoms with van der Waals surface area (Å²) in [5.74, 6) is 0.589. The van der Waals surface area contributed by atoms with E-state index in [4.69, 9.17) is 0 Å². The molecule has 8 heteroatoms. The molecule has 0 aliphatic rings. The molecule has 3 N–H and O–H groups in total. The van der Waals surface area contributed by atoms with Crippen molar-refractivity contribution in [1.29, 1.82) is 0 Å². The summed E-state index contributed by atoms with van der Waals surface area (Å²) >= 11 is 1.62. The average molecular weight is 392 g/mol. The third-order valence-corrected chi connectivity index (χ3v) is 4.65. The minimum Gasteiger partial charge on any atom is -0.355 e. The number of hydrogen-bond donors (Lipinski definition) is 3. The normalized spacial score (nSPS) is 11.5. The van der Waals surface area contributed by atoms with Crippen LogP contribution in [-0.4, -0.2) is 37.0 Å². The predicted molar refractivity (Wildman–Crippen MR) is 108 cm³/mol. The van der Waals surface area contributed by atoms with Crippen molar-refractivity contribution in [1.82, 2.24) is 20.9 Å². The number of nitrogens with zero attached hydrogens (tertiary/aromatic N) is 2. The number of benzene rings is 1. The Morgan fingerprint density at radius 1 is 1.26 bits per heavy atom. The molecule has 0 bridgehead atoms. The molecule has 1 heterocycles. The van der Waals surface area contributed by atoms with Crippen molar-refractivity contribution in [3.8, 4) is 0 Å². The molecule has 0 unspecified atom stereocenters. The summed E-state index contributed by atoms with van der Waals surface area (Å²) in [6.45, 7) is 5.82. The number of halogens is 1. The zero-order valence-corrected chi connectivity index (χ0v) is 16.7. The minimum absolute atomic E-state index is 0.144. The number of carbonyl (C=O) groups is 1. The van der Waals surface area contributed by atoms with Crippen LogP contribution in [0.2, 0.25) is 0 Å². The molecular formula is C19H26FN5OS. The van der Waals surface area contributed by atoms with Gasteiger partial charge in [0.2, 0.25) is 5.91 Å². The number of aromatic nitrogens is 1. The van der Waals surface area contributed by atoms with E-state index in [9.17, 15) is 9.18 Å². The van der Waals surface area contributed by atoms with Crippen LogP contribution in [0.15, 0.2) is 34.6 Å². The Kier molecular flexibility index (Phi) is 8.19. The van der Waals surface area contributed by atoms with Crippen LogP contribution in [0.5, 0.6) is 0 Å². The second-order valence-corrected chi connectivity index (χ2v) is 7.27. The van der Waals surface area contributed by atoms with E-state index in [0.29, 0.717) is 37.1 Å². The summed E-state index contributed by atoms with van der Waals surface area (Å²) in [5.41, 5.74) is 1.75. The fourth-order valence-corrected chi connectivity index (χ4v) is 3.22. The molecule has 6 nitrogen and oxygen atoms in total. The SMILES string of the molecule is CN=C(NCCNC(=O)Cc1cccc(F)c1)NCc1nc(C(C)C)cs1. The van der Waals surface area contributed by atoms with E-state index in [0.717, 1.165) is 10.7 Å². The van der Waals surface area contributed by atoms with Gasteiger partial charge in [-0.25, -0.2) is 9.37 Å². The lowest BCUT2D eigenvalue weighted by molar-refractivity contribution is -0.120. The fourth-order valence-electron chi connectivity index (χ4n) is 2.33. The monoisotopic (exact) mass is 391 g/mol. The van der Waals surface area contributed by atoms with E-state index in [1.54, 1.807) is 30.5 Å². The van der Waals surface area contributed by atoms with Gasteiger partial charge in [0.15, 0.2) is 5.96 Å². The van der Waals surface area contributed by atoms with Crippen LogP contribution in [0.25, 0.3) is 0 Å². The van der Waals surface area contributed by atoms with Gasteiger partial charge < -0.3 is 16.0 Å². The standard InChI is InChI=1S/C19H26FN5OS/c1-13(2)16-12-27-18(25-16)11-24-19(21-3)23-8-7-22-17(26)10-14-5-4-6-15(20)9-14/h4-6,9,12-13H,7-8,10-11H2,1-3H3,(H,22,26)(H2,21,23,24). The van der Waals surface area contributed by atoms with Gasteiger partial charge in [0, 0.05) is 25.5 Å². The number of nitrogens with one attached hydrogen (secondary N) is 3. The lowest BCUT2D eigenvalue weighted by Crippen LogP contribution is -2.41. The van der Waals surface area contributed by atoms with Gasteiger partial charge in [-0.2, -0.15) is 0 Å². The summed E-state index contributed by atoms with van der Waals surface area (Å²) in [5, 5.41) is 12.2. The second-order valence-electron chi connectivity index (χ2n) is 6.33. The van der Waals surface area contributed by atoms with E-state index in [1.165, 1.54) is 12.1 Å². The predicted octanol–water partition coefficient (Wildman–Crippen LogP) is 2.43. The lowest BCUT2D eigenvalue weighted by Gasteiger charge is -2.11. The Hall–Kier alpha value is -2.48. The molecule has 0 aliphatic carbocycles. The molecule has 1 aromatic carbocycles. The van der Waals surface area contributed by atoms with Crippen molar-refractivity contribution in [3.05, 3.63) is 51.7 Å². The molecule has 0 saturated heterocycles. The van der Waals surface area contributed by atoms with Crippen LogP contribution >= 0.6 is 11.3 Å². The first-order valence-electron chi connectivity index (χ1n) is 8.88. The van der Waals surface area contributed by atoms with Gasteiger partial charge in [0.25, 0.3) is 0 Å². The number of aliphatic imine (C=N–C) groups is 1. The van der Waals surface area contributed by atoms with Crippen molar-refractivity contribution in [2.75, 3.05) is 20.1 Å². The highest BCUT2D eigenvalue weighted by atomic mass is 32.1. The van der Waals surface area contributed by atoms with Crippen LogP contribution in [-0.2, 0) is 17.8 Å². The molecule has 2 aromatic rings. The van der Waals surface area contributed by atoms with E-state index >= 15 is 0 Å². The summed E-state index contributed by atoms with van der Waals surface area (Å²) in [6.07, 6.45) is 0.160. The van der Waals surface area contributed by atoms with Crippen LogP contribution in [0.3, 0.4) is 0 Å². The smallest absolute Gasteiger partial charge is 0.224 e. The topological polar surface area (TPSA) is 78.4 Å². The molecule has 0 fully saturated rings. The summed E-state index contributed by atoms with van der Waals surface area (Å²) in [7, 11) is 1.69. The third kappa shape index (κ3) is 7.34. The Bertz CT molecular complexity index is 775. The summed E-state index contributed by atoms with van der Waals surface area (Å²) < 4.78 is 13.1. The number of thiazole rings is 1. The van der Waals surface area contributed by atoms with Crippen LogP contribution in [0.4, 0.5) is 4.39 Å². The molecular weight excluding hydrogens is 365 g/mol. The highest BCUT2D eigenvalue weighted by Gasteiger charge is 2.07. The first-order chi connectivity index (χ1) is 13.0. The molecule has 0 atom stereocenters.